The van der Waals surface area contributed by atoms with E-state index in [1.54, 1.807) is 23.1 Å². The number of anilines is 1. The number of aryl methyl sites for hydroxylation is 1. The molecule has 0 radical (unpaired) electrons. The van der Waals surface area contributed by atoms with E-state index in [4.69, 9.17) is 0 Å². The van der Waals surface area contributed by atoms with E-state index in [0.29, 0.717) is 48.8 Å². The molecule has 1 saturated heterocycles. The van der Waals surface area contributed by atoms with Gasteiger partial charge in [-0.2, -0.15) is 0 Å². The standard InChI is InChI=1S/C25H30FN3O3/c1-16(2)14-27-23(30)19-8-11-22(17(3)13-19)28-24(31)20-5-4-12-29(15-20)25(32)18-6-9-21(26)10-7-18/h6-11,13,16,20H,4-5,12,14-15H2,1-3H3,(H,27,30)(H,28,31). The topological polar surface area (TPSA) is 78.5 Å². The molecule has 0 bridgehead atoms. The molecule has 1 aliphatic rings. The number of nitrogens with one attached hydrogen (secondary N) is 2. The number of rotatable bonds is 6. The summed E-state index contributed by atoms with van der Waals surface area (Å²) < 4.78 is 13.1. The van der Waals surface area contributed by atoms with Crippen LogP contribution in [0.4, 0.5) is 10.1 Å². The van der Waals surface area contributed by atoms with E-state index >= 15 is 0 Å². The highest BCUT2D eigenvalue weighted by Gasteiger charge is 2.29. The Morgan fingerprint density at radius 2 is 1.78 bits per heavy atom. The van der Waals surface area contributed by atoms with E-state index in [1.807, 2.05) is 20.8 Å². The average molecular weight is 440 g/mol. The van der Waals surface area contributed by atoms with Crippen molar-refractivity contribution in [2.75, 3.05) is 25.0 Å². The SMILES string of the molecule is Cc1cc(C(=O)NCC(C)C)ccc1NC(=O)C1CCCN(C(=O)c2ccc(F)cc2)C1. The molecule has 1 fully saturated rings. The number of halogens is 1. The van der Waals surface area contributed by atoms with Gasteiger partial charge in [-0.1, -0.05) is 13.8 Å². The molecule has 1 atom stereocenters. The lowest BCUT2D eigenvalue weighted by molar-refractivity contribution is -0.121. The molecule has 0 aromatic heterocycles. The molecule has 1 aliphatic heterocycles. The zero-order valence-corrected chi connectivity index (χ0v) is 18.8. The minimum atomic E-state index is -0.392. The molecule has 3 rings (SSSR count). The summed E-state index contributed by atoms with van der Waals surface area (Å²) in [5.41, 5.74) is 2.41. The number of hydrogen-bond donors (Lipinski definition) is 2. The minimum Gasteiger partial charge on any atom is -0.352 e. The molecule has 32 heavy (non-hydrogen) atoms. The summed E-state index contributed by atoms with van der Waals surface area (Å²) in [6.45, 7) is 7.40. The molecule has 1 heterocycles. The van der Waals surface area contributed by atoms with Gasteiger partial charge in [-0.05, 0) is 73.7 Å². The van der Waals surface area contributed by atoms with Crippen molar-refractivity contribution in [3.63, 3.8) is 0 Å². The van der Waals surface area contributed by atoms with Gasteiger partial charge in [-0.25, -0.2) is 4.39 Å². The van der Waals surface area contributed by atoms with Gasteiger partial charge in [0.25, 0.3) is 11.8 Å². The van der Waals surface area contributed by atoms with E-state index < -0.39 is 5.82 Å². The van der Waals surface area contributed by atoms with Crippen molar-refractivity contribution in [1.29, 1.82) is 0 Å². The Labute approximate surface area is 188 Å². The molecule has 3 amide bonds. The maximum absolute atomic E-state index is 13.1. The molecule has 2 aromatic rings. The maximum Gasteiger partial charge on any atom is 0.253 e. The number of carbonyl (C=O) groups excluding carboxylic acids is 3. The summed E-state index contributed by atoms with van der Waals surface area (Å²) in [4.78, 5) is 39.5. The van der Waals surface area contributed by atoms with Crippen LogP contribution in [-0.4, -0.2) is 42.3 Å². The molecular weight excluding hydrogens is 409 g/mol. The molecule has 2 N–H and O–H groups in total. The van der Waals surface area contributed by atoms with Gasteiger partial charge in [0.05, 0.1) is 5.92 Å². The Morgan fingerprint density at radius 1 is 1.09 bits per heavy atom. The van der Waals surface area contributed by atoms with Crippen LogP contribution in [0.25, 0.3) is 0 Å². The van der Waals surface area contributed by atoms with E-state index in [1.165, 1.54) is 24.3 Å². The summed E-state index contributed by atoms with van der Waals surface area (Å²) in [6.07, 6.45) is 1.41. The summed E-state index contributed by atoms with van der Waals surface area (Å²) in [7, 11) is 0. The van der Waals surface area contributed by atoms with Gasteiger partial charge in [0.1, 0.15) is 5.82 Å². The maximum atomic E-state index is 13.1. The fraction of sp³-hybridized carbons (Fsp3) is 0.400. The molecule has 1 unspecified atom stereocenters. The molecule has 170 valence electrons. The number of benzene rings is 2. The number of likely N-dealkylation sites (tertiary alicyclic amines) is 1. The van der Waals surface area contributed by atoms with Crippen LogP contribution in [0.3, 0.4) is 0 Å². The second kappa shape index (κ2) is 10.4. The van der Waals surface area contributed by atoms with E-state index in [2.05, 4.69) is 10.6 Å². The van der Waals surface area contributed by atoms with Crippen molar-refractivity contribution in [1.82, 2.24) is 10.2 Å². The number of hydrogen-bond acceptors (Lipinski definition) is 3. The zero-order chi connectivity index (χ0) is 23.3. The second-order valence-electron chi connectivity index (χ2n) is 8.72. The predicted molar refractivity (Wildman–Crippen MR) is 122 cm³/mol. The van der Waals surface area contributed by atoms with Crippen LogP contribution in [0, 0.1) is 24.6 Å². The Kier molecular flexibility index (Phi) is 7.62. The van der Waals surface area contributed by atoms with Gasteiger partial charge in [0.2, 0.25) is 5.91 Å². The highest BCUT2D eigenvalue weighted by Crippen LogP contribution is 2.23. The van der Waals surface area contributed by atoms with E-state index in [9.17, 15) is 18.8 Å². The van der Waals surface area contributed by atoms with Gasteiger partial charge in [-0.15, -0.1) is 0 Å². The first kappa shape index (κ1) is 23.4. The highest BCUT2D eigenvalue weighted by molar-refractivity contribution is 5.98. The largest absolute Gasteiger partial charge is 0.352 e. The molecule has 2 aromatic carbocycles. The molecule has 7 heteroatoms. The van der Waals surface area contributed by atoms with Crippen molar-refractivity contribution >= 4 is 23.4 Å². The van der Waals surface area contributed by atoms with Gasteiger partial charge < -0.3 is 15.5 Å². The van der Waals surface area contributed by atoms with Crippen LogP contribution >= 0.6 is 0 Å². The minimum absolute atomic E-state index is 0.137. The molecule has 6 nitrogen and oxygen atoms in total. The third-order valence-corrected chi connectivity index (χ3v) is 5.59. The van der Waals surface area contributed by atoms with Crippen molar-refractivity contribution in [3.8, 4) is 0 Å². The first-order chi connectivity index (χ1) is 15.2. The molecule has 0 aliphatic carbocycles. The number of carbonyl (C=O) groups is 3. The summed E-state index contributed by atoms with van der Waals surface area (Å²) in [5.74, 6) is -0.847. The van der Waals surface area contributed by atoms with E-state index in [0.717, 1.165) is 12.0 Å². The lowest BCUT2D eigenvalue weighted by Crippen LogP contribution is -2.43. The number of piperidine rings is 1. The Bertz CT molecular complexity index is 988. The lowest BCUT2D eigenvalue weighted by atomic mass is 9.96. The van der Waals surface area contributed by atoms with Crippen LogP contribution in [0.1, 0.15) is 53.0 Å². The molecule has 0 spiro atoms. The fourth-order valence-corrected chi connectivity index (χ4v) is 3.73. The van der Waals surface area contributed by atoms with Crippen LogP contribution in [0.15, 0.2) is 42.5 Å². The summed E-state index contributed by atoms with van der Waals surface area (Å²) in [5, 5.41) is 5.83. The molecular formula is C25H30FN3O3. The third kappa shape index (κ3) is 5.93. The van der Waals surface area contributed by atoms with E-state index in [-0.39, 0.29) is 23.6 Å². The Morgan fingerprint density at radius 3 is 2.44 bits per heavy atom. The zero-order valence-electron chi connectivity index (χ0n) is 18.8. The number of amides is 3. The van der Waals surface area contributed by atoms with Gasteiger partial charge in [0.15, 0.2) is 0 Å². The predicted octanol–water partition coefficient (Wildman–Crippen LogP) is 4.01. The van der Waals surface area contributed by atoms with Gasteiger partial charge in [0, 0.05) is 36.4 Å². The van der Waals surface area contributed by atoms with Crippen molar-refractivity contribution in [2.45, 2.75) is 33.6 Å². The smallest absolute Gasteiger partial charge is 0.253 e. The Hall–Kier alpha value is -3.22. The van der Waals surface area contributed by atoms with Gasteiger partial charge >= 0.3 is 0 Å². The lowest BCUT2D eigenvalue weighted by Gasteiger charge is -2.32. The van der Waals surface area contributed by atoms with Crippen LogP contribution in [0.2, 0.25) is 0 Å². The third-order valence-electron chi connectivity index (χ3n) is 5.59. The van der Waals surface area contributed by atoms with Crippen molar-refractivity contribution < 1.29 is 18.8 Å². The summed E-state index contributed by atoms with van der Waals surface area (Å²) in [6, 6.07) is 10.6. The van der Waals surface area contributed by atoms with Crippen LogP contribution < -0.4 is 10.6 Å². The summed E-state index contributed by atoms with van der Waals surface area (Å²) >= 11 is 0. The molecule has 0 saturated carbocycles. The van der Waals surface area contributed by atoms with Crippen molar-refractivity contribution in [3.05, 3.63) is 65.0 Å². The average Bonchev–Trinajstić information content (AvgIpc) is 2.78. The monoisotopic (exact) mass is 439 g/mol. The Balaban J connectivity index is 1.62. The fourth-order valence-electron chi connectivity index (χ4n) is 3.73. The first-order valence-electron chi connectivity index (χ1n) is 11.0. The van der Waals surface area contributed by atoms with Crippen molar-refractivity contribution in [2.24, 2.45) is 11.8 Å². The first-order valence-corrected chi connectivity index (χ1v) is 11.0. The highest BCUT2D eigenvalue weighted by atomic mass is 19.1. The quantitative estimate of drug-likeness (QED) is 0.714. The number of nitrogens with zero attached hydrogens (tertiary/aromatic N) is 1. The van der Waals surface area contributed by atoms with Crippen LogP contribution in [0.5, 0.6) is 0 Å². The second-order valence-corrected chi connectivity index (χ2v) is 8.72. The normalized spacial score (nSPS) is 16.0. The van der Waals surface area contributed by atoms with Gasteiger partial charge in [-0.3, -0.25) is 14.4 Å². The van der Waals surface area contributed by atoms with Crippen LogP contribution in [-0.2, 0) is 4.79 Å².